The van der Waals surface area contributed by atoms with Gasteiger partial charge < -0.3 is 14.4 Å². The van der Waals surface area contributed by atoms with E-state index in [9.17, 15) is 4.79 Å². The van der Waals surface area contributed by atoms with Gasteiger partial charge in [0.15, 0.2) is 5.82 Å². The van der Waals surface area contributed by atoms with Gasteiger partial charge in [0.2, 0.25) is 0 Å². The van der Waals surface area contributed by atoms with Crippen molar-refractivity contribution >= 4 is 22.9 Å². The number of pyridine rings is 1. The number of aromatic nitrogens is 3. The highest BCUT2D eigenvalue weighted by atomic mass is 32.1. The van der Waals surface area contributed by atoms with Crippen molar-refractivity contribution in [2.45, 2.75) is 18.9 Å². The first-order valence-corrected chi connectivity index (χ1v) is 10.2. The minimum Gasteiger partial charge on any atom is -0.352 e. The molecule has 1 spiro atoms. The Morgan fingerprint density at radius 2 is 2.25 bits per heavy atom. The van der Waals surface area contributed by atoms with Crippen molar-refractivity contribution in [3.63, 3.8) is 0 Å². The van der Waals surface area contributed by atoms with Crippen LogP contribution in [0.2, 0.25) is 0 Å². The number of anilines is 1. The van der Waals surface area contributed by atoms with Crippen LogP contribution in [-0.2, 0) is 5.54 Å². The Labute approximate surface area is 167 Å². The van der Waals surface area contributed by atoms with E-state index in [1.165, 1.54) is 17.0 Å². The van der Waals surface area contributed by atoms with Gasteiger partial charge >= 0.3 is 0 Å². The minimum atomic E-state index is -0.290. The number of nitrogens with zero attached hydrogens (tertiary/aromatic N) is 5. The SMILES string of the molecule is C=CCN1c2cccnc2-n2cccc2[C@@]12CCN(C(=O)c1scnc1C)C2. The van der Waals surface area contributed by atoms with E-state index in [0.717, 1.165) is 28.5 Å². The third kappa shape index (κ3) is 2.29. The van der Waals surface area contributed by atoms with Crippen molar-refractivity contribution < 1.29 is 4.79 Å². The highest BCUT2D eigenvalue weighted by Gasteiger charge is 2.50. The van der Waals surface area contributed by atoms with Gasteiger partial charge in [-0.05, 0) is 37.6 Å². The molecular weight excluding hydrogens is 370 g/mol. The van der Waals surface area contributed by atoms with Crippen LogP contribution in [0.1, 0.15) is 27.5 Å². The van der Waals surface area contributed by atoms with Crippen molar-refractivity contribution in [1.29, 1.82) is 0 Å². The van der Waals surface area contributed by atoms with E-state index in [2.05, 4.69) is 50.4 Å². The number of hydrogen-bond acceptors (Lipinski definition) is 5. The maximum absolute atomic E-state index is 13.2. The molecule has 0 unspecified atom stereocenters. The molecule has 0 aromatic carbocycles. The van der Waals surface area contributed by atoms with Gasteiger partial charge in [0.25, 0.3) is 5.91 Å². The molecular formula is C21H21N5OS. The Balaban J connectivity index is 1.60. The average molecular weight is 392 g/mol. The van der Waals surface area contributed by atoms with Gasteiger partial charge in [-0.3, -0.25) is 4.79 Å². The summed E-state index contributed by atoms with van der Waals surface area (Å²) < 4.78 is 2.17. The van der Waals surface area contributed by atoms with E-state index in [4.69, 9.17) is 0 Å². The second kappa shape index (κ2) is 6.31. The number of carbonyl (C=O) groups is 1. The highest BCUT2D eigenvalue weighted by Crippen LogP contribution is 2.47. The Hall–Kier alpha value is -2.93. The van der Waals surface area contributed by atoms with Crippen molar-refractivity contribution in [1.82, 2.24) is 19.4 Å². The van der Waals surface area contributed by atoms with Crippen LogP contribution < -0.4 is 4.90 Å². The summed E-state index contributed by atoms with van der Waals surface area (Å²) in [5.41, 5.74) is 4.51. The lowest BCUT2D eigenvalue weighted by molar-refractivity contribution is 0.0786. The lowest BCUT2D eigenvalue weighted by Crippen LogP contribution is -2.52. The van der Waals surface area contributed by atoms with E-state index in [0.29, 0.717) is 19.6 Å². The molecule has 28 heavy (non-hydrogen) atoms. The summed E-state index contributed by atoms with van der Waals surface area (Å²) in [6.07, 6.45) is 6.67. The molecule has 0 aliphatic carbocycles. The van der Waals surface area contributed by atoms with Gasteiger partial charge in [-0.25, -0.2) is 9.97 Å². The standard InChI is InChI=1S/C21H21N5OS/c1-3-10-26-16-6-4-9-22-19(16)25-11-5-7-17(25)21(26)8-12-24(13-21)20(27)18-15(2)23-14-28-18/h3-7,9,11,14H,1,8,10,12-13H2,2H3/t21-/m0/s1. The molecule has 7 heteroatoms. The molecule has 1 atom stereocenters. The molecule has 0 bridgehead atoms. The first-order chi connectivity index (χ1) is 13.7. The van der Waals surface area contributed by atoms with Crippen LogP contribution in [0.5, 0.6) is 0 Å². The Bertz CT molecular complexity index is 1070. The number of amides is 1. The lowest BCUT2D eigenvalue weighted by atomic mass is 9.89. The predicted molar refractivity (Wildman–Crippen MR) is 110 cm³/mol. The molecule has 3 aromatic heterocycles. The second-order valence-electron chi connectivity index (χ2n) is 7.28. The summed E-state index contributed by atoms with van der Waals surface area (Å²) in [5, 5.41) is 0. The number of carbonyl (C=O) groups excluding carboxylic acids is 1. The van der Waals surface area contributed by atoms with Gasteiger partial charge in [-0.2, -0.15) is 0 Å². The molecule has 5 rings (SSSR count). The van der Waals surface area contributed by atoms with Gasteiger partial charge in [0.1, 0.15) is 10.4 Å². The third-order valence-corrected chi connectivity index (χ3v) is 6.73. The smallest absolute Gasteiger partial charge is 0.265 e. The van der Waals surface area contributed by atoms with Crippen molar-refractivity contribution in [3.05, 3.63) is 71.1 Å². The molecule has 0 N–H and O–H groups in total. The van der Waals surface area contributed by atoms with E-state index < -0.39 is 0 Å². The zero-order valence-electron chi connectivity index (χ0n) is 15.7. The molecule has 0 saturated carbocycles. The van der Waals surface area contributed by atoms with Crippen LogP contribution in [0.4, 0.5) is 5.69 Å². The zero-order valence-corrected chi connectivity index (χ0v) is 16.5. The van der Waals surface area contributed by atoms with Gasteiger partial charge in [0, 0.05) is 32.0 Å². The summed E-state index contributed by atoms with van der Waals surface area (Å²) in [4.78, 5) is 27.1. The fourth-order valence-corrected chi connectivity index (χ4v) is 5.32. The van der Waals surface area contributed by atoms with Gasteiger partial charge in [0.05, 0.1) is 22.6 Å². The number of rotatable bonds is 3. The van der Waals surface area contributed by atoms with Crippen LogP contribution in [0.25, 0.3) is 5.82 Å². The third-order valence-electron chi connectivity index (χ3n) is 5.81. The second-order valence-corrected chi connectivity index (χ2v) is 8.14. The quantitative estimate of drug-likeness (QED) is 0.643. The van der Waals surface area contributed by atoms with Gasteiger partial charge in [-0.15, -0.1) is 17.9 Å². The number of likely N-dealkylation sites (tertiary alicyclic amines) is 1. The summed E-state index contributed by atoms with van der Waals surface area (Å²) in [6.45, 7) is 7.92. The van der Waals surface area contributed by atoms with Crippen LogP contribution in [0, 0.1) is 6.92 Å². The zero-order chi connectivity index (χ0) is 19.3. The Morgan fingerprint density at radius 1 is 1.36 bits per heavy atom. The molecule has 2 aliphatic heterocycles. The van der Waals surface area contributed by atoms with Crippen LogP contribution in [-0.4, -0.2) is 45.0 Å². The molecule has 6 nitrogen and oxygen atoms in total. The number of fused-ring (bicyclic) bond motifs is 4. The van der Waals surface area contributed by atoms with Crippen molar-refractivity contribution in [2.75, 3.05) is 24.5 Å². The highest BCUT2D eigenvalue weighted by molar-refractivity contribution is 7.11. The number of hydrogen-bond donors (Lipinski definition) is 0. The molecule has 0 radical (unpaired) electrons. The molecule has 3 aromatic rings. The average Bonchev–Trinajstić information content (AvgIpc) is 3.45. The molecule has 142 valence electrons. The van der Waals surface area contributed by atoms with E-state index in [1.807, 2.05) is 30.2 Å². The molecule has 1 amide bonds. The maximum atomic E-state index is 13.2. The Morgan fingerprint density at radius 3 is 3.04 bits per heavy atom. The summed E-state index contributed by atoms with van der Waals surface area (Å²) in [6, 6.07) is 8.29. The summed E-state index contributed by atoms with van der Waals surface area (Å²) >= 11 is 1.42. The van der Waals surface area contributed by atoms with Crippen LogP contribution in [0.3, 0.4) is 0 Å². The van der Waals surface area contributed by atoms with Gasteiger partial charge in [-0.1, -0.05) is 6.08 Å². The molecule has 2 aliphatic rings. The van der Waals surface area contributed by atoms with Crippen LogP contribution in [0.15, 0.2) is 54.8 Å². The van der Waals surface area contributed by atoms with E-state index in [1.54, 1.807) is 5.51 Å². The fraction of sp³-hybridized carbons (Fsp3) is 0.286. The van der Waals surface area contributed by atoms with Crippen LogP contribution >= 0.6 is 11.3 Å². The van der Waals surface area contributed by atoms with Crippen molar-refractivity contribution in [3.8, 4) is 5.82 Å². The summed E-state index contributed by atoms with van der Waals surface area (Å²) in [5.74, 6) is 1.00. The monoisotopic (exact) mass is 391 g/mol. The normalized spacial score (nSPS) is 20.3. The van der Waals surface area contributed by atoms with E-state index in [-0.39, 0.29) is 11.4 Å². The topological polar surface area (TPSA) is 54.3 Å². The Kier molecular flexibility index (Phi) is 3.87. The first kappa shape index (κ1) is 17.2. The van der Waals surface area contributed by atoms with E-state index >= 15 is 0 Å². The summed E-state index contributed by atoms with van der Waals surface area (Å²) in [7, 11) is 0. The maximum Gasteiger partial charge on any atom is 0.265 e. The largest absolute Gasteiger partial charge is 0.352 e. The lowest BCUT2D eigenvalue weighted by Gasteiger charge is -2.46. The molecule has 1 fully saturated rings. The first-order valence-electron chi connectivity index (χ1n) is 9.37. The molecule has 5 heterocycles. The minimum absolute atomic E-state index is 0.0746. The molecule has 1 saturated heterocycles. The van der Waals surface area contributed by atoms with Crippen molar-refractivity contribution in [2.24, 2.45) is 0 Å². The number of thiazole rings is 1. The fourth-order valence-electron chi connectivity index (χ4n) is 4.55. The predicted octanol–water partition coefficient (Wildman–Crippen LogP) is 3.38. The number of aryl methyl sites for hydroxylation is 1.